The normalized spacial score (nSPS) is 17.2. The first-order valence-corrected chi connectivity index (χ1v) is 4.40. The Hall–Kier alpha value is 0.0700. The van der Waals surface area contributed by atoms with Crippen LogP contribution in [0.25, 0.3) is 0 Å². The van der Waals surface area contributed by atoms with Crippen molar-refractivity contribution in [2.75, 3.05) is 19.8 Å². The fourth-order valence-electron chi connectivity index (χ4n) is 0.183. The van der Waals surface area contributed by atoms with Gasteiger partial charge < -0.3 is 10.6 Å². The van der Waals surface area contributed by atoms with Gasteiger partial charge in [-0.05, 0) is 0 Å². The predicted molar refractivity (Wildman–Crippen MR) is 31.8 cm³/mol. The fraction of sp³-hybridized carbons (Fsp3) is 1.00. The maximum absolute atomic E-state index is 10.3. The first kappa shape index (κ1) is 9.07. The third-order valence-electron chi connectivity index (χ3n) is 0.392. The molecule has 0 rings (SSSR count). The van der Waals surface area contributed by atoms with Gasteiger partial charge in [-0.2, -0.15) is 0 Å². The summed E-state index contributed by atoms with van der Waals surface area (Å²) in [6.07, 6.45) is 0. The predicted octanol–water partition coefficient (Wildman–Crippen LogP) is -0.292. The number of hydrogen-bond acceptors (Lipinski definition) is 4. The SMILES string of the molecule is CP(=O)(O)OOCCN. The summed E-state index contributed by atoms with van der Waals surface area (Å²) >= 11 is 0. The molecule has 0 aromatic heterocycles. The zero-order valence-electron chi connectivity index (χ0n) is 5.11. The van der Waals surface area contributed by atoms with E-state index >= 15 is 0 Å². The summed E-state index contributed by atoms with van der Waals surface area (Å²) in [5.74, 6) is 0. The highest BCUT2D eigenvalue weighted by molar-refractivity contribution is 7.51. The maximum Gasteiger partial charge on any atom is 0.352 e. The summed E-state index contributed by atoms with van der Waals surface area (Å²) in [5.41, 5.74) is 4.98. The van der Waals surface area contributed by atoms with E-state index in [0.29, 0.717) is 0 Å². The third-order valence-corrected chi connectivity index (χ3v) is 0.774. The Kier molecular flexibility index (Phi) is 4.01. The van der Waals surface area contributed by atoms with Gasteiger partial charge in [0.15, 0.2) is 0 Å². The molecule has 9 heavy (non-hydrogen) atoms. The van der Waals surface area contributed by atoms with Crippen LogP contribution in [0.3, 0.4) is 0 Å². The third kappa shape index (κ3) is 8.07. The second kappa shape index (κ2) is 3.98. The Labute approximate surface area is 53.2 Å². The van der Waals surface area contributed by atoms with E-state index in [4.69, 9.17) is 10.6 Å². The first-order valence-electron chi connectivity index (χ1n) is 2.38. The van der Waals surface area contributed by atoms with Crippen LogP contribution in [-0.4, -0.2) is 24.7 Å². The molecule has 0 spiro atoms. The highest BCUT2D eigenvalue weighted by atomic mass is 31.2. The van der Waals surface area contributed by atoms with Gasteiger partial charge in [-0.3, -0.25) is 4.57 Å². The molecule has 0 aliphatic carbocycles. The van der Waals surface area contributed by atoms with Crippen molar-refractivity contribution in [2.24, 2.45) is 5.73 Å². The van der Waals surface area contributed by atoms with Crippen LogP contribution in [-0.2, 0) is 14.1 Å². The van der Waals surface area contributed by atoms with Crippen LogP contribution in [0, 0.1) is 0 Å². The first-order chi connectivity index (χ1) is 4.06. The Morgan fingerprint density at radius 3 is 2.67 bits per heavy atom. The quantitative estimate of drug-likeness (QED) is 0.252. The van der Waals surface area contributed by atoms with Gasteiger partial charge in [0.25, 0.3) is 0 Å². The van der Waals surface area contributed by atoms with Gasteiger partial charge in [0.05, 0.1) is 6.61 Å². The molecule has 1 atom stereocenters. The topological polar surface area (TPSA) is 81.8 Å². The molecule has 0 aliphatic heterocycles. The smallest absolute Gasteiger partial charge is 0.328 e. The van der Waals surface area contributed by atoms with Crippen molar-refractivity contribution >= 4 is 7.60 Å². The van der Waals surface area contributed by atoms with Gasteiger partial charge in [-0.15, -0.1) is 4.67 Å². The van der Waals surface area contributed by atoms with Gasteiger partial charge in [0.2, 0.25) is 0 Å². The molecule has 6 heteroatoms. The van der Waals surface area contributed by atoms with Crippen molar-refractivity contribution in [3.05, 3.63) is 0 Å². The Morgan fingerprint density at radius 1 is 1.78 bits per heavy atom. The van der Waals surface area contributed by atoms with E-state index < -0.39 is 7.60 Å². The van der Waals surface area contributed by atoms with Crippen LogP contribution < -0.4 is 5.73 Å². The van der Waals surface area contributed by atoms with Gasteiger partial charge >= 0.3 is 7.60 Å². The van der Waals surface area contributed by atoms with Crippen molar-refractivity contribution in [1.82, 2.24) is 0 Å². The molecular formula is C3H10NO4P. The average Bonchev–Trinajstić information content (AvgIpc) is 1.63. The van der Waals surface area contributed by atoms with Crippen molar-refractivity contribution in [3.8, 4) is 0 Å². The summed E-state index contributed by atoms with van der Waals surface area (Å²) in [4.78, 5) is 12.6. The summed E-state index contributed by atoms with van der Waals surface area (Å²) in [5, 5.41) is 0. The van der Waals surface area contributed by atoms with Gasteiger partial charge in [0.1, 0.15) is 0 Å². The molecule has 0 aromatic carbocycles. The second-order valence-electron chi connectivity index (χ2n) is 1.49. The van der Waals surface area contributed by atoms with Crippen LogP contribution in [0.5, 0.6) is 0 Å². The largest absolute Gasteiger partial charge is 0.352 e. The van der Waals surface area contributed by atoms with Crippen LogP contribution >= 0.6 is 7.60 Å². The highest BCUT2D eigenvalue weighted by Gasteiger charge is 2.09. The number of nitrogens with two attached hydrogens (primary N) is 1. The standard InChI is InChI=1S/C3H10NO4P/c1-9(5,6)8-7-3-2-4/h2-4H2,1H3,(H,5,6). The van der Waals surface area contributed by atoms with E-state index in [1.54, 1.807) is 0 Å². The van der Waals surface area contributed by atoms with Crippen molar-refractivity contribution in [2.45, 2.75) is 0 Å². The zero-order chi connectivity index (χ0) is 7.33. The molecule has 0 heterocycles. The maximum atomic E-state index is 10.3. The summed E-state index contributed by atoms with van der Waals surface area (Å²) < 4.78 is 14.3. The summed E-state index contributed by atoms with van der Waals surface area (Å²) in [7, 11) is -3.47. The minimum absolute atomic E-state index is 0.123. The van der Waals surface area contributed by atoms with E-state index in [-0.39, 0.29) is 13.2 Å². The Balaban J connectivity index is 3.18. The van der Waals surface area contributed by atoms with E-state index in [2.05, 4.69) is 9.56 Å². The lowest BCUT2D eigenvalue weighted by Gasteiger charge is -2.03. The molecule has 0 radical (unpaired) electrons. The van der Waals surface area contributed by atoms with Crippen molar-refractivity contribution in [3.63, 3.8) is 0 Å². The molecule has 0 amide bonds. The van der Waals surface area contributed by atoms with Crippen LogP contribution in [0.1, 0.15) is 0 Å². The lowest BCUT2D eigenvalue weighted by Crippen LogP contribution is -2.07. The van der Waals surface area contributed by atoms with Crippen LogP contribution in [0.4, 0.5) is 0 Å². The molecule has 0 fully saturated rings. The van der Waals surface area contributed by atoms with E-state index in [1.807, 2.05) is 0 Å². The average molecular weight is 155 g/mol. The molecule has 0 saturated carbocycles. The lowest BCUT2D eigenvalue weighted by molar-refractivity contribution is -0.209. The molecule has 56 valence electrons. The molecule has 0 bridgehead atoms. The molecular weight excluding hydrogens is 145 g/mol. The van der Waals surface area contributed by atoms with Gasteiger partial charge in [-0.1, -0.05) is 0 Å². The Morgan fingerprint density at radius 2 is 2.33 bits per heavy atom. The fourth-order valence-corrected chi connectivity index (χ4v) is 0.453. The summed E-state index contributed by atoms with van der Waals surface area (Å²) in [6.45, 7) is 1.42. The molecule has 0 saturated heterocycles. The molecule has 5 nitrogen and oxygen atoms in total. The van der Waals surface area contributed by atoms with E-state index in [0.717, 1.165) is 6.66 Å². The molecule has 0 aromatic rings. The summed E-state index contributed by atoms with van der Waals surface area (Å²) in [6, 6.07) is 0. The minimum atomic E-state index is -3.47. The number of rotatable bonds is 4. The van der Waals surface area contributed by atoms with E-state index in [9.17, 15) is 4.57 Å². The molecule has 0 aliphatic rings. The second-order valence-corrected chi connectivity index (χ2v) is 3.24. The number of hydrogen-bond donors (Lipinski definition) is 2. The zero-order valence-corrected chi connectivity index (χ0v) is 6.01. The van der Waals surface area contributed by atoms with Crippen molar-refractivity contribution in [1.29, 1.82) is 0 Å². The van der Waals surface area contributed by atoms with Gasteiger partial charge in [-0.25, -0.2) is 4.89 Å². The molecule has 1 unspecified atom stereocenters. The van der Waals surface area contributed by atoms with E-state index in [1.165, 1.54) is 0 Å². The Bertz CT molecular complexity index is 110. The highest BCUT2D eigenvalue weighted by Crippen LogP contribution is 2.36. The van der Waals surface area contributed by atoms with Gasteiger partial charge in [0, 0.05) is 13.2 Å². The molecule has 3 N–H and O–H groups in total. The van der Waals surface area contributed by atoms with Crippen LogP contribution in [0.15, 0.2) is 0 Å². The van der Waals surface area contributed by atoms with Crippen molar-refractivity contribution < 1.29 is 19.0 Å². The monoisotopic (exact) mass is 155 g/mol. The lowest BCUT2D eigenvalue weighted by atomic mass is 10.8. The van der Waals surface area contributed by atoms with Crippen LogP contribution in [0.2, 0.25) is 0 Å². The minimum Gasteiger partial charge on any atom is -0.328 e.